The number of fused-ring (bicyclic) bond motifs is 1. The van der Waals surface area contributed by atoms with E-state index in [1.165, 1.54) is 5.56 Å². The standard InChI is InChI=1S/C29H32N4O2S/c1-21(2)36(34,35)33(26-12-13-26)19-23-9-6-10-24(17-23)25-11-14-28-27(18-25)29(32-20-31-28)30-16-15-22-7-4-3-5-8-22/h3-11,14,17-18,20-21,26H,12-13,15-16,19H2,1-2H3,(H,30,31,32). The van der Waals surface area contributed by atoms with Crippen LogP contribution in [0.2, 0.25) is 0 Å². The van der Waals surface area contributed by atoms with Gasteiger partial charge in [-0.25, -0.2) is 18.4 Å². The van der Waals surface area contributed by atoms with E-state index >= 15 is 0 Å². The molecule has 0 atom stereocenters. The summed E-state index contributed by atoms with van der Waals surface area (Å²) in [6, 6.07) is 24.9. The highest BCUT2D eigenvalue weighted by Gasteiger charge is 2.38. The second-order valence-corrected chi connectivity index (χ2v) is 12.1. The Hall–Kier alpha value is -3.29. The van der Waals surface area contributed by atoms with Gasteiger partial charge in [0.15, 0.2) is 0 Å². The Labute approximate surface area is 213 Å². The van der Waals surface area contributed by atoms with Crippen molar-refractivity contribution in [1.29, 1.82) is 0 Å². The molecular formula is C29H32N4O2S. The summed E-state index contributed by atoms with van der Waals surface area (Å²) >= 11 is 0. The Morgan fingerprint density at radius 3 is 2.42 bits per heavy atom. The molecule has 7 heteroatoms. The molecule has 0 amide bonds. The lowest BCUT2D eigenvalue weighted by Gasteiger charge is -2.24. The summed E-state index contributed by atoms with van der Waals surface area (Å²) in [5.41, 5.74) is 5.26. The number of rotatable bonds is 10. The first-order valence-corrected chi connectivity index (χ1v) is 14.0. The third-order valence-electron chi connectivity index (χ3n) is 6.66. The van der Waals surface area contributed by atoms with Crippen molar-refractivity contribution < 1.29 is 8.42 Å². The van der Waals surface area contributed by atoms with E-state index in [1.54, 1.807) is 24.5 Å². The Morgan fingerprint density at radius 1 is 0.917 bits per heavy atom. The fourth-order valence-corrected chi connectivity index (χ4v) is 5.93. The van der Waals surface area contributed by atoms with Crippen LogP contribution in [-0.2, 0) is 23.0 Å². The lowest BCUT2D eigenvalue weighted by Crippen LogP contribution is -2.37. The first kappa shape index (κ1) is 24.4. The Bertz CT molecular complexity index is 1450. The van der Waals surface area contributed by atoms with E-state index in [4.69, 9.17) is 0 Å². The molecule has 1 aliphatic rings. The van der Waals surface area contributed by atoms with Crippen LogP contribution in [0.4, 0.5) is 5.82 Å². The second-order valence-electron chi connectivity index (χ2n) is 9.69. The molecule has 0 saturated heterocycles. The van der Waals surface area contributed by atoms with Gasteiger partial charge in [0.25, 0.3) is 0 Å². The highest BCUT2D eigenvalue weighted by atomic mass is 32.2. The average Bonchev–Trinajstić information content (AvgIpc) is 3.73. The second kappa shape index (κ2) is 10.4. The summed E-state index contributed by atoms with van der Waals surface area (Å²) in [7, 11) is -3.31. The van der Waals surface area contributed by atoms with Gasteiger partial charge in [-0.3, -0.25) is 0 Å². The number of nitrogens with zero attached hydrogens (tertiary/aromatic N) is 3. The van der Waals surface area contributed by atoms with Gasteiger partial charge in [0.2, 0.25) is 10.0 Å². The number of anilines is 1. The quantitative estimate of drug-likeness (QED) is 0.304. The molecule has 6 nitrogen and oxygen atoms in total. The van der Waals surface area contributed by atoms with Gasteiger partial charge in [-0.05, 0) is 73.6 Å². The molecule has 0 bridgehead atoms. The fraction of sp³-hybridized carbons (Fsp3) is 0.310. The lowest BCUT2D eigenvalue weighted by molar-refractivity contribution is 0.394. The third kappa shape index (κ3) is 5.42. The SMILES string of the molecule is CC(C)S(=O)(=O)N(Cc1cccc(-c2ccc3ncnc(NCCc4ccccc4)c3c2)c1)C1CC1. The first-order chi connectivity index (χ1) is 17.4. The van der Waals surface area contributed by atoms with Crippen LogP contribution in [0, 0.1) is 0 Å². The van der Waals surface area contributed by atoms with Crippen LogP contribution >= 0.6 is 0 Å². The molecule has 186 valence electrons. The summed E-state index contributed by atoms with van der Waals surface area (Å²) in [5.74, 6) is 0.817. The zero-order valence-electron chi connectivity index (χ0n) is 20.8. The number of hydrogen-bond acceptors (Lipinski definition) is 5. The zero-order chi connectivity index (χ0) is 25.1. The highest BCUT2D eigenvalue weighted by molar-refractivity contribution is 7.89. The van der Waals surface area contributed by atoms with Gasteiger partial charge in [0, 0.05) is 24.5 Å². The summed E-state index contributed by atoms with van der Waals surface area (Å²) < 4.78 is 27.6. The van der Waals surface area contributed by atoms with Gasteiger partial charge in [-0.15, -0.1) is 0 Å². The van der Waals surface area contributed by atoms with Gasteiger partial charge in [-0.1, -0.05) is 54.6 Å². The molecule has 1 fully saturated rings. The average molecular weight is 501 g/mol. The smallest absolute Gasteiger partial charge is 0.216 e. The van der Waals surface area contributed by atoms with E-state index in [9.17, 15) is 8.42 Å². The summed E-state index contributed by atoms with van der Waals surface area (Å²) in [6.45, 7) is 4.69. The molecule has 1 aromatic heterocycles. The van der Waals surface area contributed by atoms with Crippen LogP contribution in [0.15, 0.2) is 79.1 Å². The van der Waals surface area contributed by atoms with E-state index in [1.807, 2.05) is 24.3 Å². The molecule has 0 radical (unpaired) electrons. The van der Waals surface area contributed by atoms with Crippen LogP contribution in [-0.4, -0.2) is 40.5 Å². The lowest BCUT2D eigenvalue weighted by atomic mass is 10.0. The van der Waals surface area contributed by atoms with Gasteiger partial charge in [0.1, 0.15) is 12.1 Å². The normalized spacial score (nSPS) is 14.0. The van der Waals surface area contributed by atoms with Gasteiger partial charge in [0.05, 0.1) is 10.8 Å². The van der Waals surface area contributed by atoms with Crippen molar-refractivity contribution in [3.05, 3.63) is 90.3 Å². The minimum atomic E-state index is -3.31. The summed E-state index contributed by atoms with van der Waals surface area (Å²) in [5, 5.41) is 4.02. The molecule has 0 spiro atoms. The van der Waals surface area contributed by atoms with Gasteiger partial charge in [-0.2, -0.15) is 4.31 Å². The monoisotopic (exact) mass is 500 g/mol. The molecule has 36 heavy (non-hydrogen) atoms. The summed E-state index contributed by atoms with van der Waals surface area (Å²) in [4.78, 5) is 8.95. The van der Waals surface area contributed by atoms with Crippen molar-refractivity contribution in [2.75, 3.05) is 11.9 Å². The maximum atomic E-state index is 12.9. The molecule has 0 unspecified atom stereocenters. The van der Waals surface area contributed by atoms with Gasteiger partial charge >= 0.3 is 0 Å². The maximum absolute atomic E-state index is 12.9. The molecule has 1 aliphatic carbocycles. The molecule has 5 rings (SSSR count). The maximum Gasteiger partial charge on any atom is 0.216 e. The number of hydrogen-bond donors (Lipinski definition) is 1. The molecule has 4 aromatic rings. The Morgan fingerprint density at radius 2 is 1.67 bits per heavy atom. The highest BCUT2D eigenvalue weighted by Crippen LogP contribution is 2.33. The van der Waals surface area contributed by atoms with E-state index in [-0.39, 0.29) is 6.04 Å². The van der Waals surface area contributed by atoms with Crippen molar-refractivity contribution in [2.24, 2.45) is 0 Å². The van der Waals surface area contributed by atoms with Crippen LogP contribution in [0.25, 0.3) is 22.0 Å². The molecule has 3 aromatic carbocycles. The zero-order valence-corrected chi connectivity index (χ0v) is 21.6. The van der Waals surface area contributed by atoms with Crippen molar-refractivity contribution in [2.45, 2.75) is 50.9 Å². The Kier molecular flexibility index (Phi) is 7.03. The van der Waals surface area contributed by atoms with Crippen molar-refractivity contribution >= 4 is 26.7 Å². The molecule has 1 saturated carbocycles. The minimum absolute atomic E-state index is 0.128. The predicted octanol–water partition coefficient (Wildman–Crippen LogP) is 5.65. The van der Waals surface area contributed by atoms with E-state index in [2.05, 4.69) is 63.8 Å². The van der Waals surface area contributed by atoms with E-state index in [0.717, 1.165) is 59.2 Å². The van der Waals surface area contributed by atoms with E-state index in [0.29, 0.717) is 6.54 Å². The molecular weight excluding hydrogens is 468 g/mol. The number of benzene rings is 3. The topological polar surface area (TPSA) is 75.2 Å². The Balaban J connectivity index is 1.38. The van der Waals surface area contributed by atoms with Gasteiger partial charge < -0.3 is 5.32 Å². The number of aromatic nitrogens is 2. The fourth-order valence-electron chi connectivity index (χ4n) is 4.44. The molecule has 1 heterocycles. The van der Waals surface area contributed by atoms with Crippen LogP contribution in [0.1, 0.15) is 37.8 Å². The number of sulfonamides is 1. The largest absolute Gasteiger partial charge is 0.369 e. The minimum Gasteiger partial charge on any atom is -0.369 e. The summed E-state index contributed by atoms with van der Waals surface area (Å²) in [6.07, 6.45) is 4.38. The van der Waals surface area contributed by atoms with Crippen LogP contribution in [0.5, 0.6) is 0 Å². The van der Waals surface area contributed by atoms with Crippen molar-refractivity contribution in [3.8, 4) is 11.1 Å². The number of nitrogens with one attached hydrogen (secondary N) is 1. The van der Waals surface area contributed by atoms with Crippen LogP contribution in [0.3, 0.4) is 0 Å². The molecule has 0 aliphatic heterocycles. The van der Waals surface area contributed by atoms with Crippen LogP contribution < -0.4 is 5.32 Å². The predicted molar refractivity (Wildman–Crippen MR) is 146 cm³/mol. The van der Waals surface area contributed by atoms with Crippen molar-refractivity contribution in [1.82, 2.24) is 14.3 Å². The van der Waals surface area contributed by atoms with E-state index < -0.39 is 15.3 Å². The third-order valence-corrected chi connectivity index (χ3v) is 8.93. The molecule has 1 N–H and O–H groups in total. The first-order valence-electron chi connectivity index (χ1n) is 12.5. The van der Waals surface area contributed by atoms with Crippen molar-refractivity contribution in [3.63, 3.8) is 0 Å².